The second-order valence-electron chi connectivity index (χ2n) is 1.08. The molecule has 0 spiro atoms. The van der Waals surface area contributed by atoms with Crippen LogP contribution in [0.15, 0.2) is 12.3 Å². The van der Waals surface area contributed by atoms with E-state index in [9.17, 15) is 0 Å². The molecule has 0 fully saturated rings. The highest BCUT2D eigenvalue weighted by Gasteiger charge is 1.81. The maximum Gasteiger partial charge on any atom is 0.131 e. The second kappa shape index (κ2) is 1.88. The zero-order valence-corrected chi connectivity index (χ0v) is 4.44. The van der Waals surface area contributed by atoms with Gasteiger partial charge in [0.25, 0.3) is 0 Å². The van der Waals surface area contributed by atoms with E-state index in [0.717, 1.165) is 5.82 Å². The molecule has 0 atom stereocenters. The Kier molecular flexibility index (Phi) is 1.21. The van der Waals surface area contributed by atoms with Crippen molar-refractivity contribution in [2.24, 2.45) is 0 Å². The van der Waals surface area contributed by atoms with Gasteiger partial charge in [0.15, 0.2) is 0 Å². The Labute approximate surface area is 46.7 Å². The number of hydrogen-bond donors (Lipinski definition) is 3. The fraction of sp³-hybridized carbons (Fsp3) is 0. The van der Waals surface area contributed by atoms with Gasteiger partial charge in [-0.3, -0.25) is 5.10 Å². The first kappa shape index (κ1) is 4.52. The highest BCUT2D eigenvalue weighted by molar-refractivity contribution is 7.81. The summed E-state index contributed by atoms with van der Waals surface area (Å²) in [6.45, 7) is 0. The predicted molar refractivity (Wildman–Crippen MR) is 31.2 cm³/mol. The van der Waals surface area contributed by atoms with Crippen LogP contribution in [0, 0.1) is 0 Å². The van der Waals surface area contributed by atoms with Crippen molar-refractivity contribution in [3.63, 3.8) is 0 Å². The number of aromatic amines is 1. The molecule has 1 aromatic rings. The first-order chi connectivity index (χ1) is 3.43. The van der Waals surface area contributed by atoms with Gasteiger partial charge < -0.3 is 4.72 Å². The second-order valence-corrected chi connectivity index (χ2v) is 1.31. The third-order valence-corrected chi connectivity index (χ3v) is 0.862. The van der Waals surface area contributed by atoms with Crippen molar-refractivity contribution in [3.8, 4) is 0 Å². The molecule has 0 aliphatic heterocycles. The van der Waals surface area contributed by atoms with Crippen LogP contribution in [0.5, 0.6) is 0 Å². The molecule has 0 unspecified atom stereocenters. The average molecular weight is 115 g/mol. The number of hydrogen-bond acceptors (Lipinski definition) is 3. The molecular weight excluding hydrogens is 110 g/mol. The van der Waals surface area contributed by atoms with Crippen LogP contribution >= 0.6 is 12.8 Å². The number of anilines is 1. The summed E-state index contributed by atoms with van der Waals surface area (Å²) in [5.41, 5.74) is 0. The zero-order chi connectivity index (χ0) is 5.11. The molecule has 7 heavy (non-hydrogen) atoms. The minimum atomic E-state index is 0.809. The summed E-state index contributed by atoms with van der Waals surface area (Å²) >= 11 is 3.75. The lowest BCUT2D eigenvalue weighted by Gasteiger charge is -1.84. The smallest absolute Gasteiger partial charge is 0.131 e. The van der Waals surface area contributed by atoms with Crippen LogP contribution in [-0.2, 0) is 0 Å². The third-order valence-electron chi connectivity index (χ3n) is 0.621. The lowest BCUT2D eigenvalue weighted by Crippen LogP contribution is -1.77. The van der Waals surface area contributed by atoms with Crippen LogP contribution in [0.2, 0.25) is 0 Å². The van der Waals surface area contributed by atoms with E-state index in [1.54, 1.807) is 12.3 Å². The Morgan fingerprint density at radius 1 is 1.86 bits per heavy atom. The topological polar surface area (TPSA) is 40.7 Å². The van der Waals surface area contributed by atoms with Crippen molar-refractivity contribution in [1.82, 2.24) is 10.2 Å². The number of rotatable bonds is 1. The largest absolute Gasteiger partial charge is 0.317 e. The monoisotopic (exact) mass is 115 g/mol. The third kappa shape index (κ3) is 0.866. The van der Waals surface area contributed by atoms with Crippen molar-refractivity contribution in [1.29, 1.82) is 0 Å². The zero-order valence-electron chi connectivity index (χ0n) is 3.55. The van der Waals surface area contributed by atoms with Gasteiger partial charge in [-0.1, -0.05) is 12.8 Å². The van der Waals surface area contributed by atoms with Crippen molar-refractivity contribution >= 4 is 18.6 Å². The molecule has 1 aromatic heterocycles. The molecule has 0 aliphatic rings. The SMILES string of the molecule is SNc1ccn[nH]1. The van der Waals surface area contributed by atoms with Crippen LogP contribution in [0.25, 0.3) is 0 Å². The number of aromatic nitrogens is 2. The van der Waals surface area contributed by atoms with Crippen molar-refractivity contribution in [3.05, 3.63) is 12.3 Å². The number of nitrogens with zero attached hydrogens (tertiary/aromatic N) is 1. The van der Waals surface area contributed by atoms with Crippen LogP contribution in [0.1, 0.15) is 0 Å². The van der Waals surface area contributed by atoms with Gasteiger partial charge in [0.2, 0.25) is 0 Å². The van der Waals surface area contributed by atoms with E-state index in [2.05, 4.69) is 27.7 Å². The Hall–Kier alpha value is -0.640. The van der Waals surface area contributed by atoms with E-state index in [0.29, 0.717) is 0 Å². The first-order valence-corrected chi connectivity index (χ1v) is 2.27. The Morgan fingerprint density at radius 3 is 3.00 bits per heavy atom. The molecule has 2 N–H and O–H groups in total. The maximum atomic E-state index is 3.75. The minimum absolute atomic E-state index is 0.809. The van der Waals surface area contributed by atoms with Crippen molar-refractivity contribution in [2.75, 3.05) is 4.72 Å². The van der Waals surface area contributed by atoms with Crippen LogP contribution < -0.4 is 4.72 Å². The normalized spacial score (nSPS) is 8.71. The van der Waals surface area contributed by atoms with E-state index >= 15 is 0 Å². The molecular formula is C3H5N3S. The summed E-state index contributed by atoms with van der Waals surface area (Å²) in [4.78, 5) is 0. The molecule has 0 saturated carbocycles. The molecule has 0 saturated heterocycles. The molecule has 0 bridgehead atoms. The van der Waals surface area contributed by atoms with Crippen molar-refractivity contribution in [2.45, 2.75) is 0 Å². The minimum Gasteiger partial charge on any atom is -0.317 e. The lowest BCUT2D eigenvalue weighted by molar-refractivity contribution is 1.10. The molecule has 3 nitrogen and oxygen atoms in total. The van der Waals surface area contributed by atoms with E-state index in [-0.39, 0.29) is 0 Å². The van der Waals surface area contributed by atoms with Gasteiger partial charge >= 0.3 is 0 Å². The van der Waals surface area contributed by atoms with Gasteiger partial charge in [-0.2, -0.15) is 5.10 Å². The van der Waals surface area contributed by atoms with Gasteiger partial charge in [0, 0.05) is 6.07 Å². The summed E-state index contributed by atoms with van der Waals surface area (Å²) in [6.07, 6.45) is 1.65. The highest BCUT2D eigenvalue weighted by atomic mass is 32.1. The van der Waals surface area contributed by atoms with Gasteiger partial charge in [-0.15, -0.1) is 0 Å². The fourth-order valence-electron chi connectivity index (χ4n) is 0.318. The standard InChI is InChI=1S/C3H5N3S/c7-6-3-1-2-4-5-3/h1-2,7H,(H2,4,5,6). The molecule has 0 aromatic carbocycles. The molecule has 0 radical (unpaired) electrons. The number of thiol groups is 1. The summed E-state index contributed by atoms with van der Waals surface area (Å²) in [5.74, 6) is 0.809. The van der Waals surface area contributed by atoms with Gasteiger partial charge in [-0.25, -0.2) is 0 Å². The van der Waals surface area contributed by atoms with E-state index in [1.807, 2.05) is 0 Å². The van der Waals surface area contributed by atoms with Gasteiger partial charge in [0.05, 0.1) is 6.20 Å². The molecule has 4 heteroatoms. The first-order valence-electron chi connectivity index (χ1n) is 1.83. The summed E-state index contributed by atoms with van der Waals surface area (Å²) in [7, 11) is 0. The Balaban J connectivity index is 2.76. The summed E-state index contributed by atoms with van der Waals surface area (Å²) < 4.78 is 2.58. The van der Waals surface area contributed by atoms with Gasteiger partial charge in [0.1, 0.15) is 5.82 Å². The Morgan fingerprint density at radius 2 is 2.71 bits per heavy atom. The molecule has 1 rings (SSSR count). The molecule has 0 aliphatic carbocycles. The van der Waals surface area contributed by atoms with Crippen LogP contribution in [-0.4, -0.2) is 10.2 Å². The van der Waals surface area contributed by atoms with E-state index in [4.69, 9.17) is 0 Å². The summed E-state index contributed by atoms with van der Waals surface area (Å²) in [6, 6.07) is 1.78. The quantitative estimate of drug-likeness (QED) is 0.471. The number of H-pyrrole nitrogens is 1. The predicted octanol–water partition coefficient (Wildman–Crippen LogP) is 0.666. The number of nitrogens with one attached hydrogen (secondary N) is 2. The molecule has 38 valence electrons. The molecule has 0 amide bonds. The van der Waals surface area contributed by atoms with E-state index in [1.165, 1.54) is 0 Å². The highest BCUT2D eigenvalue weighted by Crippen LogP contribution is 1.97. The fourth-order valence-corrected chi connectivity index (χ4v) is 0.443. The van der Waals surface area contributed by atoms with E-state index < -0.39 is 0 Å². The average Bonchev–Trinajstić information content (AvgIpc) is 2.14. The van der Waals surface area contributed by atoms with Gasteiger partial charge in [-0.05, 0) is 0 Å². The maximum absolute atomic E-state index is 3.75. The Bertz CT molecular complexity index is 125. The van der Waals surface area contributed by atoms with Crippen LogP contribution in [0.4, 0.5) is 5.82 Å². The molecule has 1 heterocycles. The van der Waals surface area contributed by atoms with Crippen molar-refractivity contribution < 1.29 is 0 Å². The lowest BCUT2D eigenvalue weighted by atomic mass is 10.7. The van der Waals surface area contributed by atoms with Crippen LogP contribution in [0.3, 0.4) is 0 Å². The summed E-state index contributed by atoms with van der Waals surface area (Å²) in [5, 5.41) is 6.31.